The molecule has 7 heteroatoms. The summed E-state index contributed by atoms with van der Waals surface area (Å²) in [5.41, 5.74) is 2.35. The Balaban J connectivity index is 1.62. The van der Waals surface area contributed by atoms with Gasteiger partial charge in [0.1, 0.15) is 12.4 Å². The van der Waals surface area contributed by atoms with Crippen LogP contribution in [0.4, 0.5) is 0 Å². The Morgan fingerprint density at radius 2 is 2.07 bits per heavy atom. The second kappa shape index (κ2) is 10.1. The van der Waals surface area contributed by atoms with E-state index in [1.807, 2.05) is 16.7 Å². The van der Waals surface area contributed by atoms with Crippen LogP contribution in [0.25, 0.3) is 0 Å². The largest absolute Gasteiger partial charge is 0.485 e. The summed E-state index contributed by atoms with van der Waals surface area (Å²) in [5.74, 6) is 2.27. The summed E-state index contributed by atoms with van der Waals surface area (Å²) in [6, 6.07) is 6.45. The van der Waals surface area contributed by atoms with Gasteiger partial charge in [0.2, 0.25) is 5.91 Å². The third-order valence-electron chi connectivity index (χ3n) is 5.76. The zero-order valence-corrected chi connectivity index (χ0v) is 18.8. The molecule has 1 amide bonds. The molecule has 0 bridgehead atoms. The molecule has 1 atom stereocenters. The first kappa shape index (κ1) is 21.7. The van der Waals surface area contributed by atoms with Crippen LogP contribution in [0.15, 0.2) is 23.4 Å². The SMILES string of the molecule is CCC1CCCCN1C(=O)CSc1nnc(COc2cccc(C)c2C)n1CC. The molecule has 1 unspecified atom stereocenters. The van der Waals surface area contributed by atoms with Gasteiger partial charge in [0.15, 0.2) is 11.0 Å². The smallest absolute Gasteiger partial charge is 0.233 e. The van der Waals surface area contributed by atoms with E-state index in [1.54, 1.807) is 0 Å². The van der Waals surface area contributed by atoms with Crippen LogP contribution in [-0.4, -0.2) is 43.9 Å². The van der Waals surface area contributed by atoms with Gasteiger partial charge in [-0.2, -0.15) is 0 Å². The molecule has 1 aromatic carbocycles. The van der Waals surface area contributed by atoms with Crippen molar-refractivity contribution in [2.75, 3.05) is 12.3 Å². The van der Waals surface area contributed by atoms with Crippen molar-refractivity contribution in [1.29, 1.82) is 0 Å². The lowest BCUT2D eigenvalue weighted by Gasteiger charge is -2.35. The molecule has 0 aliphatic carbocycles. The number of aromatic nitrogens is 3. The Labute approximate surface area is 178 Å². The third kappa shape index (κ3) is 5.13. The molecular weight excluding hydrogens is 384 g/mol. The van der Waals surface area contributed by atoms with Crippen LogP contribution < -0.4 is 4.74 Å². The molecule has 2 heterocycles. The van der Waals surface area contributed by atoms with E-state index in [2.05, 4.69) is 48.9 Å². The van der Waals surface area contributed by atoms with Crippen LogP contribution in [0, 0.1) is 13.8 Å². The summed E-state index contributed by atoms with van der Waals surface area (Å²) in [6.45, 7) is 10.4. The molecule has 1 aliphatic heterocycles. The predicted octanol–water partition coefficient (Wildman–Crippen LogP) is 4.38. The van der Waals surface area contributed by atoms with E-state index in [0.717, 1.165) is 54.6 Å². The average molecular weight is 417 g/mol. The number of nitrogens with zero attached hydrogens (tertiary/aromatic N) is 4. The lowest BCUT2D eigenvalue weighted by molar-refractivity contribution is -0.132. The summed E-state index contributed by atoms with van der Waals surface area (Å²) in [6.07, 6.45) is 4.49. The number of ether oxygens (including phenoxy) is 1. The van der Waals surface area contributed by atoms with Crippen molar-refractivity contribution in [2.45, 2.75) is 77.7 Å². The molecule has 1 aliphatic rings. The number of carbonyl (C=O) groups excluding carboxylic acids is 1. The second-order valence-corrected chi connectivity index (χ2v) is 8.51. The highest BCUT2D eigenvalue weighted by Gasteiger charge is 2.25. The van der Waals surface area contributed by atoms with Crippen molar-refractivity contribution >= 4 is 17.7 Å². The van der Waals surface area contributed by atoms with Crippen LogP contribution in [0.1, 0.15) is 56.5 Å². The fourth-order valence-electron chi connectivity index (χ4n) is 3.84. The summed E-state index contributed by atoms with van der Waals surface area (Å²) < 4.78 is 8.04. The van der Waals surface area contributed by atoms with Crippen LogP contribution >= 0.6 is 11.8 Å². The number of hydrogen-bond donors (Lipinski definition) is 0. The fourth-order valence-corrected chi connectivity index (χ4v) is 4.74. The van der Waals surface area contributed by atoms with Crippen LogP contribution in [0.3, 0.4) is 0 Å². The lowest BCUT2D eigenvalue weighted by Crippen LogP contribution is -2.44. The highest BCUT2D eigenvalue weighted by atomic mass is 32.2. The molecule has 1 fully saturated rings. The van der Waals surface area contributed by atoms with Gasteiger partial charge in [0.25, 0.3) is 0 Å². The Morgan fingerprint density at radius 3 is 2.83 bits per heavy atom. The van der Waals surface area contributed by atoms with Gasteiger partial charge in [-0.15, -0.1) is 10.2 Å². The van der Waals surface area contributed by atoms with Gasteiger partial charge in [-0.25, -0.2) is 0 Å². The van der Waals surface area contributed by atoms with Crippen LogP contribution in [0.2, 0.25) is 0 Å². The standard InChI is InChI=1S/C22H32N4O2S/c1-5-18-11-7-8-13-26(18)21(27)15-29-22-24-23-20(25(22)6-2)14-28-19-12-9-10-16(3)17(19)4/h9-10,12,18H,5-8,11,13-15H2,1-4H3. The molecular formula is C22H32N4O2S. The normalized spacial score (nSPS) is 16.8. The van der Waals surface area contributed by atoms with Crippen molar-refractivity contribution < 1.29 is 9.53 Å². The number of rotatable bonds is 8. The van der Waals surface area contributed by atoms with E-state index >= 15 is 0 Å². The van der Waals surface area contributed by atoms with Gasteiger partial charge in [0, 0.05) is 19.1 Å². The van der Waals surface area contributed by atoms with Gasteiger partial charge in [0.05, 0.1) is 5.75 Å². The van der Waals surface area contributed by atoms with Gasteiger partial charge in [-0.3, -0.25) is 4.79 Å². The van der Waals surface area contributed by atoms with Crippen LogP contribution in [-0.2, 0) is 17.9 Å². The average Bonchev–Trinajstić information content (AvgIpc) is 3.14. The van der Waals surface area contributed by atoms with Crippen molar-refractivity contribution in [3.8, 4) is 5.75 Å². The van der Waals surface area contributed by atoms with E-state index < -0.39 is 0 Å². The second-order valence-electron chi connectivity index (χ2n) is 7.56. The molecule has 0 N–H and O–H groups in total. The minimum Gasteiger partial charge on any atom is -0.485 e. The minimum atomic E-state index is 0.209. The predicted molar refractivity (Wildman–Crippen MR) is 116 cm³/mol. The van der Waals surface area contributed by atoms with Gasteiger partial charge in [-0.1, -0.05) is 30.8 Å². The monoisotopic (exact) mass is 416 g/mol. The molecule has 1 aromatic heterocycles. The first-order chi connectivity index (χ1) is 14.0. The van der Waals surface area contributed by atoms with E-state index in [-0.39, 0.29) is 5.91 Å². The number of aryl methyl sites for hydroxylation is 1. The van der Waals surface area contributed by atoms with Gasteiger partial charge >= 0.3 is 0 Å². The summed E-state index contributed by atoms with van der Waals surface area (Å²) in [7, 11) is 0. The number of carbonyl (C=O) groups is 1. The summed E-state index contributed by atoms with van der Waals surface area (Å²) >= 11 is 1.48. The molecule has 1 saturated heterocycles. The van der Waals surface area contributed by atoms with E-state index in [1.165, 1.54) is 23.7 Å². The minimum absolute atomic E-state index is 0.209. The van der Waals surface area contributed by atoms with Gasteiger partial charge in [-0.05, 0) is 63.6 Å². The number of hydrogen-bond acceptors (Lipinski definition) is 5. The molecule has 158 valence electrons. The quantitative estimate of drug-likeness (QED) is 0.598. The number of piperidine rings is 1. The van der Waals surface area contributed by atoms with Crippen molar-refractivity contribution in [3.63, 3.8) is 0 Å². The molecule has 29 heavy (non-hydrogen) atoms. The zero-order valence-electron chi connectivity index (χ0n) is 18.0. The topological polar surface area (TPSA) is 60.3 Å². The Morgan fingerprint density at radius 1 is 1.24 bits per heavy atom. The first-order valence-electron chi connectivity index (χ1n) is 10.6. The maximum absolute atomic E-state index is 12.8. The third-order valence-corrected chi connectivity index (χ3v) is 6.72. The number of amides is 1. The molecule has 6 nitrogen and oxygen atoms in total. The van der Waals surface area contributed by atoms with Crippen molar-refractivity contribution in [2.24, 2.45) is 0 Å². The lowest BCUT2D eigenvalue weighted by atomic mass is 10.0. The number of benzene rings is 1. The Bertz CT molecular complexity index is 836. The maximum Gasteiger partial charge on any atom is 0.233 e. The van der Waals surface area contributed by atoms with Crippen LogP contribution in [0.5, 0.6) is 5.75 Å². The summed E-state index contributed by atoms with van der Waals surface area (Å²) in [4.78, 5) is 14.8. The summed E-state index contributed by atoms with van der Waals surface area (Å²) in [5, 5.41) is 9.42. The number of thioether (sulfide) groups is 1. The van der Waals surface area contributed by atoms with E-state index in [0.29, 0.717) is 18.4 Å². The van der Waals surface area contributed by atoms with Gasteiger partial charge < -0.3 is 14.2 Å². The number of likely N-dealkylation sites (tertiary alicyclic amines) is 1. The molecule has 0 spiro atoms. The maximum atomic E-state index is 12.8. The Hall–Kier alpha value is -2.02. The highest BCUT2D eigenvalue weighted by molar-refractivity contribution is 7.99. The van der Waals surface area contributed by atoms with Crippen molar-refractivity contribution in [3.05, 3.63) is 35.2 Å². The van der Waals surface area contributed by atoms with E-state index in [4.69, 9.17) is 4.74 Å². The molecule has 3 rings (SSSR count). The zero-order chi connectivity index (χ0) is 20.8. The van der Waals surface area contributed by atoms with E-state index in [9.17, 15) is 4.79 Å². The molecule has 0 saturated carbocycles. The highest BCUT2D eigenvalue weighted by Crippen LogP contribution is 2.24. The molecule has 2 aromatic rings. The fraction of sp³-hybridized carbons (Fsp3) is 0.591. The van der Waals surface area contributed by atoms with Crippen molar-refractivity contribution in [1.82, 2.24) is 19.7 Å². The Kier molecular flexibility index (Phi) is 7.58. The molecule has 0 radical (unpaired) electrons. The first-order valence-corrected chi connectivity index (χ1v) is 11.6.